The molecule has 2 amide bonds. The molecule has 2 rings (SSSR count). The zero-order chi connectivity index (χ0) is 17.2. The van der Waals surface area contributed by atoms with Crippen molar-refractivity contribution in [2.75, 3.05) is 6.54 Å². The summed E-state index contributed by atoms with van der Waals surface area (Å²) in [4.78, 5) is 11.6. The molecule has 1 unspecified atom stereocenters. The van der Waals surface area contributed by atoms with Gasteiger partial charge in [-0.15, -0.1) is 0 Å². The van der Waals surface area contributed by atoms with Crippen molar-refractivity contribution < 1.29 is 14.6 Å². The summed E-state index contributed by atoms with van der Waals surface area (Å²) in [6.45, 7) is 3.13. The number of benzene rings is 2. The monoisotopic (exact) mass is 328 g/mol. The second-order valence-corrected chi connectivity index (χ2v) is 5.67. The third-order valence-corrected chi connectivity index (χ3v) is 3.47. The Kier molecular flexibility index (Phi) is 7.11. The first-order valence-electron chi connectivity index (χ1n) is 8.09. The molecule has 0 bridgehead atoms. The second kappa shape index (κ2) is 9.57. The quantitative estimate of drug-likeness (QED) is 0.698. The van der Waals surface area contributed by atoms with Crippen molar-refractivity contribution in [2.24, 2.45) is 0 Å². The summed E-state index contributed by atoms with van der Waals surface area (Å²) in [7, 11) is 0. The minimum Gasteiger partial charge on any atom is -0.489 e. The Morgan fingerprint density at radius 1 is 1.04 bits per heavy atom. The summed E-state index contributed by atoms with van der Waals surface area (Å²) < 4.78 is 5.72. The van der Waals surface area contributed by atoms with Crippen LogP contribution in [-0.4, -0.2) is 23.8 Å². The van der Waals surface area contributed by atoms with E-state index in [1.807, 2.05) is 54.6 Å². The van der Waals surface area contributed by atoms with Crippen LogP contribution >= 0.6 is 0 Å². The van der Waals surface area contributed by atoms with Crippen LogP contribution in [0.1, 0.15) is 24.5 Å². The van der Waals surface area contributed by atoms with E-state index in [2.05, 4.69) is 10.6 Å². The highest BCUT2D eigenvalue weighted by Crippen LogP contribution is 2.14. The summed E-state index contributed by atoms with van der Waals surface area (Å²) in [6.07, 6.45) is 0.134. The molecule has 24 heavy (non-hydrogen) atoms. The van der Waals surface area contributed by atoms with E-state index in [0.29, 0.717) is 26.1 Å². The smallest absolute Gasteiger partial charge is 0.315 e. The molecule has 3 N–H and O–H groups in total. The van der Waals surface area contributed by atoms with Gasteiger partial charge >= 0.3 is 6.03 Å². The topological polar surface area (TPSA) is 70.6 Å². The van der Waals surface area contributed by atoms with Crippen LogP contribution in [0.15, 0.2) is 54.6 Å². The van der Waals surface area contributed by atoms with Crippen LogP contribution in [0.25, 0.3) is 0 Å². The highest BCUT2D eigenvalue weighted by atomic mass is 16.5. The fourth-order valence-electron chi connectivity index (χ4n) is 2.08. The number of aliphatic hydroxyl groups is 1. The van der Waals surface area contributed by atoms with E-state index >= 15 is 0 Å². The molecule has 0 aliphatic carbocycles. The number of rotatable bonds is 8. The molecule has 128 valence electrons. The van der Waals surface area contributed by atoms with Crippen LogP contribution < -0.4 is 15.4 Å². The molecule has 0 heterocycles. The molecule has 0 aliphatic heterocycles. The molecule has 0 saturated heterocycles. The van der Waals surface area contributed by atoms with E-state index < -0.39 is 6.10 Å². The molecule has 0 radical (unpaired) electrons. The van der Waals surface area contributed by atoms with Gasteiger partial charge in [-0.1, -0.05) is 42.5 Å². The fraction of sp³-hybridized carbons (Fsp3) is 0.316. The lowest BCUT2D eigenvalue weighted by atomic mass is 10.2. The molecule has 0 aliphatic rings. The predicted molar refractivity (Wildman–Crippen MR) is 93.8 cm³/mol. The van der Waals surface area contributed by atoms with Crippen molar-refractivity contribution in [3.05, 3.63) is 65.7 Å². The Morgan fingerprint density at radius 2 is 1.75 bits per heavy atom. The standard InChI is InChI=1S/C19H24N2O3/c1-15(22)11-12-20-19(23)21-13-16-7-9-18(10-8-16)24-14-17-5-3-2-4-6-17/h2-10,15,22H,11-14H2,1H3,(H2,20,21,23). The van der Waals surface area contributed by atoms with Crippen molar-refractivity contribution in [2.45, 2.75) is 32.6 Å². The third kappa shape index (κ3) is 6.71. The first-order chi connectivity index (χ1) is 11.6. The maximum Gasteiger partial charge on any atom is 0.315 e. The maximum absolute atomic E-state index is 11.6. The number of carbonyl (C=O) groups excluding carboxylic acids is 1. The summed E-state index contributed by atoms with van der Waals surface area (Å²) >= 11 is 0. The normalized spacial score (nSPS) is 11.6. The van der Waals surface area contributed by atoms with Gasteiger partial charge in [-0.2, -0.15) is 0 Å². The molecule has 1 atom stereocenters. The molecule has 2 aromatic carbocycles. The Bertz CT molecular complexity index is 612. The lowest BCUT2D eigenvalue weighted by Gasteiger charge is -2.10. The van der Waals surface area contributed by atoms with E-state index in [4.69, 9.17) is 9.84 Å². The lowest BCUT2D eigenvalue weighted by Crippen LogP contribution is -2.36. The highest BCUT2D eigenvalue weighted by molar-refractivity contribution is 5.73. The molecule has 0 saturated carbocycles. The van der Waals surface area contributed by atoms with Crippen molar-refractivity contribution in [3.8, 4) is 5.75 Å². The number of amides is 2. The van der Waals surface area contributed by atoms with Gasteiger partial charge in [-0.25, -0.2) is 4.79 Å². The van der Waals surface area contributed by atoms with Gasteiger partial charge in [0.25, 0.3) is 0 Å². The van der Waals surface area contributed by atoms with Gasteiger partial charge in [0.15, 0.2) is 0 Å². The van der Waals surface area contributed by atoms with Crippen molar-refractivity contribution >= 4 is 6.03 Å². The zero-order valence-corrected chi connectivity index (χ0v) is 13.9. The molecule has 2 aromatic rings. The van der Waals surface area contributed by atoms with Gasteiger partial charge in [0.1, 0.15) is 12.4 Å². The van der Waals surface area contributed by atoms with Gasteiger partial charge < -0.3 is 20.5 Å². The van der Waals surface area contributed by atoms with Crippen molar-refractivity contribution in [3.63, 3.8) is 0 Å². The average Bonchev–Trinajstić information content (AvgIpc) is 2.59. The first kappa shape index (κ1) is 17.8. The summed E-state index contributed by atoms with van der Waals surface area (Å²) in [5, 5.41) is 14.6. The number of aliphatic hydroxyl groups excluding tert-OH is 1. The third-order valence-electron chi connectivity index (χ3n) is 3.47. The molecule has 5 nitrogen and oxygen atoms in total. The van der Waals surface area contributed by atoms with E-state index in [1.165, 1.54) is 0 Å². The van der Waals surface area contributed by atoms with E-state index in [1.54, 1.807) is 6.92 Å². The molecule has 0 spiro atoms. The molecular formula is C19H24N2O3. The van der Waals surface area contributed by atoms with Crippen molar-refractivity contribution in [1.29, 1.82) is 0 Å². The van der Waals surface area contributed by atoms with E-state index in [0.717, 1.165) is 16.9 Å². The van der Waals surface area contributed by atoms with E-state index in [9.17, 15) is 4.79 Å². The highest BCUT2D eigenvalue weighted by Gasteiger charge is 2.02. The molecule has 0 aromatic heterocycles. The SMILES string of the molecule is CC(O)CCNC(=O)NCc1ccc(OCc2ccccc2)cc1. The number of urea groups is 1. The van der Waals surface area contributed by atoms with Crippen LogP contribution in [0.2, 0.25) is 0 Å². The zero-order valence-electron chi connectivity index (χ0n) is 13.9. The molecular weight excluding hydrogens is 304 g/mol. The number of hydrogen-bond donors (Lipinski definition) is 3. The van der Waals surface area contributed by atoms with Gasteiger partial charge in [-0.3, -0.25) is 0 Å². The summed E-state index contributed by atoms with van der Waals surface area (Å²) in [6, 6.07) is 17.4. The summed E-state index contributed by atoms with van der Waals surface area (Å²) in [5.41, 5.74) is 2.12. The van der Waals surface area contributed by atoms with Crippen LogP contribution in [0, 0.1) is 0 Å². The van der Waals surface area contributed by atoms with Crippen LogP contribution in [0.4, 0.5) is 4.79 Å². The largest absolute Gasteiger partial charge is 0.489 e. The van der Waals surface area contributed by atoms with E-state index in [-0.39, 0.29) is 6.03 Å². The Labute approximate surface area is 142 Å². The first-order valence-corrected chi connectivity index (χ1v) is 8.09. The van der Waals surface area contributed by atoms with Crippen LogP contribution in [0.5, 0.6) is 5.75 Å². The van der Waals surface area contributed by atoms with Crippen LogP contribution in [-0.2, 0) is 13.2 Å². The van der Waals surface area contributed by atoms with Crippen molar-refractivity contribution in [1.82, 2.24) is 10.6 Å². The number of nitrogens with one attached hydrogen (secondary N) is 2. The predicted octanol–water partition coefficient (Wildman–Crippen LogP) is 2.84. The molecule has 0 fully saturated rings. The lowest BCUT2D eigenvalue weighted by molar-refractivity contribution is 0.183. The summed E-state index contributed by atoms with van der Waals surface area (Å²) in [5.74, 6) is 0.795. The number of carbonyl (C=O) groups is 1. The maximum atomic E-state index is 11.6. The van der Waals surface area contributed by atoms with Gasteiger partial charge in [0.05, 0.1) is 6.10 Å². The van der Waals surface area contributed by atoms with Gasteiger partial charge in [0, 0.05) is 13.1 Å². The second-order valence-electron chi connectivity index (χ2n) is 5.67. The number of ether oxygens (including phenoxy) is 1. The average molecular weight is 328 g/mol. The van der Waals surface area contributed by atoms with Crippen LogP contribution in [0.3, 0.4) is 0 Å². The van der Waals surface area contributed by atoms with Gasteiger partial charge in [-0.05, 0) is 36.6 Å². The Balaban J connectivity index is 1.70. The Morgan fingerprint density at radius 3 is 2.42 bits per heavy atom. The Hall–Kier alpha value is -2.53. The fourth-order valence-corrected chi connectivity index (χ4v) is 2.08. The van der Waals surface area contributed by atoms with Gasteiger partial charge in [0.2, 0.25) is 0 Å². The number of hydrogen-bond acceptors (Lipinski definition) is 3. The molecule has 5 heteroatoms. The minimum absolute atomic E-state index is 0.236. The minimum atomic E-state index is -0.409.